The fourth-order valence-electron chi connectivity index (χ4n) is 4.77. The molecule has 2 heterocycles. The van der Waals surface area contributed by atoms with E-state index >= 15 is 0 Å². The molecule has 0 atom stereocenters. The standard InChI is InChI=1S/C31H27N2O3P/c1-20-11-9-12-21(2)29(20)35-37(36-30-22(3)13-10-14-23(30)4)34-28-19-33-27-18-8-7-16-25(27)24-15-5-6-17-26(24)31(33)32-28/h5-19H,1-4H3. The number of aromatic nitrogens is 2. The monoisotopic (exact) mass is 506 g/mol. The lowest BCUT2D eigenvalue weighted by atomic mass is 10.1. The lowest BCUT2D eigenvalue weighted by molar-refractivity contribution is 0.379. The summed E-state index contributed by atoms with van der Waals surface area (Å²) in [7, 11) is -1.85. The minimum Gasteiger partial charge on any atom is -0.408 e. The van der Waals surface area contributed by atoms with Crippen LogP contribution in [0, 0.1) is 27.7 Å². The van der Waals surface area contributed by atoms with E-state index in [1.54, 1.807) is 0 Å². The van der Waals surface area contributed by atoms with Crippen LogP contribution in [0.4, 0.5) is 0 Å². The van der Waals surface area contributed by atoms with Crippen molar-refractivity contribution < 1.29 is 13.6 Å². The van der Waals surface area contributed by atoms with Crippen LogP contribution < -0.4 is 13.6 Å². The molecule has 37 heavy (non-hydrogen) atoms. The molecule has 0 spiro atoms. The van der Waals surface area contributed by atoms with Crippen LogP contribution in [0.25, 0.3) is 27.3 Å². The molecule has 0 unspecified atom stereocenters. The Morgan fingerprint density at radius 1 is 0.568 bits per heavy atom. The number of fused-ring (bicyclic) bond motifs is 6. The van der Waals surface area contributed by atoms with Gasteiger partial charge in [0.2, 0.25) is 5.88 Å². The van der Waals surface area contributed by atoms with Crippen molar-refractivity contribution in [2.75, 3.05) is 0 Å². The van der Waals surface area contributed by atoms with E-state index in [4.69, 9.17) is 18.6 Å². The van der Waals surface area contributed by atoms with E-state index in [0.29, 0.717) is 5.88 Å². The van der Waals surface area contributed by atoms with Crippen molar-refractivity contribution in [3.05, 3.63) is 113 Å². The summed E-state index contributed by atoms with van der Waals surface area (Å²) in [6.45, 7) is 8.10. The van der Waals surface area contributed by atoms with Gasteiger partial charge in [-0.05, 0) is 61.4 Å². The van der Waals surface area contributed by atoms with Gasteiger partial charge in [0.25, 0.3) is 0 Å². The second kappa shape index (κ2) is 9.42. The largest absolute Gasteiger partial charge is 0.531 e. The summed E-state index contributed by atoms with van der Waals surface area (Å²) in [6.07, 6.45) is 1.92. The van der Waals surface area contributed by atoms with Gasteiger partial charge in [-0.1, -0.05) is 78.9 Å². The molecule has 0 aliphatic rings. The molecular weight excluding hydrogens is 479 g/mol. The van der Waals surface area contributed by atoms with Crippen LogP contribution in [0.15, 0.2) is 91.1 Å². The molecule has 0 radical (unpaired) electrons. The van der Waals surface area contributed by atoms with Crippen LogP contribution in [0.3, 0.4) is 0 Å². The zero-order valence-corrected chi connectivity index (χ0v) is 22.1. The average Bonchev–Trinajstić information content (AvgIpc) is 3.33. The molecule has 0 aliphatic carbocycles. The highest BCUT2D eigenvalue weighted by Crippen LogP contribution is 2.46. The van der Waals surface area contributed by atoms with Crippen LogP contribution in [-0.2, 0) is 0 Å². The zero-order valence-electron chi connectivity index (χ0n) is 21.2. The lowest BCUT2D eigenvalue weighted by Crippen LogP contribution is -2.05. The van der Waals surface area contributed by atoms with Crippen molar-refractivity contribution in [1.82, 2.24) is 9.38 Å². The summed E-state index contributed by atoms with van der Waals surface area (Å²) >= 11 is 0. The van der Waals surface area contributed by atoms with Gasteiger partial charge in [0, 0.05) is 10.8 Å². The number of pyridine rings is 1. The van der Waals surface area contributed by atoms with E-state index in [1.165, 1.54) is 0 Å². The van der Waals surface area contributed by atoms with Crippen molar-refractivity contribution in [2.24, 2.45) is 0 Å². The third-order valence-corrected chi connectivity index (χ3v) is 7.62. The fraction of sp³-hybridized carbons (Fsp3) is 0.129. The second-order valence-electron chi connectivity index (χ2n) is 9.27. The van der Waals surface area contributed by atoms with E-state index in [1.807, 2.05) is 82.4 Å². The highest BCUT2D eigenvalue weighted by atomic mass is 31.2. The predicted molar refractivity (Wildman–Crippen MR) is 151 cm³/mol. The molecule has 2 aromatic heterocycles. The van der Waals surface area contributed by atoms with Gasteiger partial charge in [0.05, 0.1) is 11.7 Å². The van der Waals surface area contributed by atoms with Gasteiger partial charge in [-0.2, -0.15) is 4.98 Å². The number of hydrogen-bond donors (Lipinski definition) is 0. The molecule has 6 aromatic rings. The Hall–Kier alpha value is -4.08. The second-order valence-corrected chi connectivity index (χ2v) is 10.3. The third-order valence-electron chi connectivity index (χ3n) is 6.62. The normalized spacial score (nSPS) is 11.5. The van der Waals surface area contributed by atoms with Crippen LogP contribution in [0.2, 0.25) is 0 Å². The molecule has 6 heteroatoms. The maximum absolute atomic E-state index is 6.44. The van der Waals surface area contributed by atoms with Gasteiger partial charge in [-0.15, -0.1) is 0 Å². The van der Waals surface area contributed by atoms with Crippen molar-refractivity contribution in [3.8, 4) is 17.4 Å². The van der Waals surface area contributed by atoms with E-state index < -0.39 is 8.60 Å². The van der Waals surface area contributed by atoms with Crippen molar-refractivity contribution in [3.63, 3.8) is 0 Å². The molecule has 6 rings (SSSR count). The number of rotatable bonds is 6. The SMILES string of the molecule is Cc1cccc(C)c1OP(Oc1cn2c3ccccc3c3ccccc3c2n1)Oc1c(C)cccc1C. The Bertz CT molecular complexity index is 1610. The van der Waals surface area contributed by atoms with Crippen molar-refractivity contribution >= 4 is 35.9 Å². The molecule has 0 bridgehead atoms. The van der Waals surface area contributed by atoms with Crippen LogP contribution in [0.1, 0.15) is 22.3 Å². The summed E-state index contributed by atoms with van der Waals surface area (Å²) in [5, 5.41) is 3.38. The Balaban J connectivity index is 1.46. The molecular formula is C31H27N2O3P. The first-order valence-electron chi connectivity index (χ1n) is 12.2. The van der Waals surface area contributed by atoms with E-state index in [9.17, 15) is 0 Å². The Kier molecular flexibility index (Phi) is 5.94. The zero-order chi connectivity index (χ0) is 25.5. The van der Waals surface area contributed by atoms with Gasteiger partial charge >= 0.3 is 8.60 Å². The van der Waals surface area contributed by atoms with E-state index in [-0.39, 0.29) is 0 Å². The van der Waals surface area contributed by atoms with Gasteiger partial charge in [-0.3, -0.25) is 4.40 Å². The minimum atomic E-state index is -1.85. The number of imidazole rings is 1. The summed E-state index contributed by atoms with van der Waals surface area (Å²) < 4.78 is 21.4. The smallest absolute Gasteiger partial charge is 0.408 e. The van der Waals surface area contributed by atoms with Gasteiger partial charge in [-0.25, -0.2) is 0 Å². The highest BCUT2D eigenvalue weighted by Gasteiger charge is 2.25. The van der Waals surface area contributed by atoms with Crippen LogP contribution in [-0.4, -0.2) is 9.38 Å². The molecule has 4 aromatic carbocycles. The lowest BCUT2D eigenvalue weighted by Gasteiger charge is -2.20. The molecule has 0 fully saturated rings. The molecule has 0 N–H and O–H groups in total. The molecule has 184 valence electrons. The molecule has 0 saturated heterocycles. The molecule has 0 amide bonds. The minimum absolute atomic E-state index is 0.449. The maximum Gasteiger partial charge on any atom is 0.531 e. The Labute approximate surface area is 217 Å². The summed E-state index contributed by atoms with van der Waals surface area (Å²) in [5.41, 5.74) is 5.98. The van der Waals surface area contributed by atoms with Gasteiger partial charge in [0.15, 0.2) is 0 Å². The van der Waals surface area contributed by atoms with Crippen molar-refractivity contribution in [1.29, 1.82) is 0 Å². The topological polar surface area (TPSA) is 45.0 Å². The summed E-state index contributed by atoms with van der Waals surface area (Å²) in [5.74, 6) is 1.98. The number of hydrogen-bond acceptors (Lipinski definition) is 4. The Morgan fingerprint density at radius 3 is 1.68 bits per heavy atom. The van der Waals surface area contributed by atoms with E-state index in [2.05, 4.69) is 40.8 Å². The first-order chi connectivity index (χ1) is 18.0. The maximum atomic E-state index is 6.44. The number of aryl methyl sites for hydroxylation is 4. The average molecular weight is 507 g/mol. The highest BCUT2D eigenvalue weighted by molar-refractivity contribution is 7.43. The summed E-state index contributed by atoms with van der Waals surface area (Å²) in [4.78, 5) is 4.90. The summed E-state index contributed by atoms with van der Waals surface area (Å²) in [6, 6.07) is 28.8. The third kappa shape index (κ3) is 4.26. The molecule has 0 aliphatic heterocycles. The van der Waals surface area contributed by atoms with Crippen LogP contribution >= 0.6 is 8.60 Å². The van der Waals surface area contributed by atoms with Crippen molar-refractivity contribution in [2.45, 2.75) is 27.7 Å². The van der Waals surface area contributed by atoms with E-state index in [0.717, 1.165) is 61.1 Å². The van der Waals surface area contributed by atoms with Gasteiger partial charge in [0.1, 0.15) is 17.1 Å². The number of nitrogens with zero attached hydrogens (tertiary/aromatic N) is 2. The molecule has 0 saturated carbocycles. The molecule has 5 nitrogen and oxygen atoms in total. The van der Waals surface area contributed by atoms with Crippen LogP contribution in [0.5, 0.6) is 17.4 Å². The van der Waals surface area contributed by atoms with Gasteiger partial charge < -0.3 is 13.6 Å². The first-order valence-corrected chi connectivity index (χ1v) is 13.3. The Morgan fingerprint density at radius 2 is 1.08 bits per heavy atom. The first kappa shape index (κ1) is 23.3. The quantitative estimate of drug-likeness (QED) is 0.168. The number of benzene rings is 4. The predicted octanol–water partition coefficient (Wildman–Crippen LogP) is 8.64. The number of para-hydroxylation sites is 3. The fourth-order valence-corrected chi connectivity index (χ4v) is 6.00.